The summed E-state index contributed by atoms with van der Waals surface area (Å²) in [7, 11) is 0. The Morgan fingerprint density at radius 2 is 2.04 bits per heavy atom. The van der Waals surface area contributed by atoms with Crippen LogP contribution in [0.4, 0.5) is 0 Å². The van der Waals surface area contributed by atoms with E-state index in [2.05, 4.69) is 16.4 Å². The number of nitrogens with zero attached hydrogens (tertiary/aromatic N) is 3. The van der Waals surface area contributed by atoms with Gasteiger partial charge in [-0.2, -0.15) is 0 Å². The molecule has 1 aromatic rings. The molecule has 6 heteroatoms. The molecule has 0 radical (unpaired) electrons. The monoisotopic (exact) mass is 330 g/mol. The summed E-state index contributed by atoms with van der Waals surface area (Å²) in [5.41, 5.74) is 1.27. The van der Waals surface area contributed by atoms with Crippen LogP contribution >= 0.6 is 0 Å². The van der Waals surface area contributed by atoms with Crippen molar-refractivity contribution in [3.8, 4) is 0 Å². The zero-order valence-electron chi connectivity index (χ0n) is 14.3. The molecule has 2 aliphatic rings. The summed E-state index contributed by atoms with van der Waals surface area (Å²) in [6, 6.07) is 3.84. The van der Waals surface area contributed by atoms with Crippen LogP contribution in [0.3, 0.4) is 0 Å². The highest BCUT2D eigenvalue weighted by molar-refractivity contribution is 5.83. The standard InChI is InChI=1S/C18H26N4O2/c1-14(23)22-10-7-20-17(13-22)18(24)21-8-4-15(5-9-21)11-16-3-2-6-19-12-16/h2-3,6,12,15,17,20H,4-5,7-11,13H2,1H3. The first-order valence-electron chi connectivity index (χ1n) is 8.80. The van der Waals surface area contributed by atoms with Crippen LogP contribution < -0.4 is 5.32 Å². The van der Waals surface area contributed by atoms with Crippen molar-refractivity contribution in [3.05, 3.63) is 30.1 Å². The van der Waals surface area contributed by atoms with E-state index < -0.39 is 0 Å². The molecule has 2 amide bonds. The van der Waals surface area contributed by atoms with Crippen LogP contribution in [0, 0.1) is 5.92 Å². The van der Waals surface area contributed by atoms with Crippen molar-refractivity contribution in [2.75, 3.05) is 32.7 Å². The van der Waals surface area contributed by atoms with Gasteiger partial charge in [-0.25, -0.2) is 0 Å². The van der Waals surface area contributed by atoms with Crippen LogP contribution in [0.2, 0.25) is 0 Å². The Labute approximate surface area is 143 Å². The van der Waals surface area contributed by atoms with Crippen molar-refractivity contribution in [1.29, 1.82) is 0 Å². The average Bonchev–Trinajstić information content (AvgIpc) is 2.63. The first-order chi connectivity index (χ1) is 11.6. The van der Waals surface area contributed by atoms with E-state index in [0.29, 0.717) is 25.6 Å². The number of nitrogens with one attached hydrogen (secondary N) is 1. The van der Waals surface area contributed by atoms with Crippen molar-refractivity contribution in [1.82, 2.24) is 20.1 Å². The van der Waals surface area contributed by atoms with Gasteiger partial charge in [-0.15, -0.1) is 0 Å². The SMILES string of the molecule is CC(=O)N1CCNC(C(=O)N2CCC(Cc3cccnc3)CC2)C1. The lowest BCUT2D eigenvalue weighted by atomic mass is 9.90. The summed E-state index contributed by atoms with van der Waals surface area (Å²) in [6.07, 6.45) is 6.83. The van der Waals surface area contributed by atoms with Gasteiger partial charge in [0.25, 0.3) is 0 Å². The van der Waals surface area contributed by atoms with Crippen molar-refractivity contribution in [3.63, 3.8) is 0 Å². The third-order valence-corrected chi connectivity index (χ3v) is 5.09. The van der Waals surface area contributed by atoms with E-state index in [9.17, 15) is 9.59 Å². The second kappa shape index (κ2) is 7.75. The van der Waals surface area contributed by atoms with Gasteiger partial charge in [0.2, 0.25) is 11.8 Å². The Morgan fingerprint density at radius 3 is 2.71 bits per heavy atom. The van der Waals surface area contributed by atoms with Gasteiger partial charge in [-0.05, 0) is 36.8 Å². The number of hydrogen-bond donors (Lipinski definition) is 1. The molecule has 1 atom stereocenters. The molecule has 0 spiro atoms. The fourth-order valence-corrected chi connectivity index (χ4v) is 3.63. The van der Waals surface area contributed by atoms with Crippen LogP contribution in [0.25, 0.3) is 0 Å². The molecule has 2 fully saturated rings. The van der Waals surface area contributed by atoms with Crippen molar-refractivity contribution >= 4 is 11.8 Å². The fourth-order valence-electron chi connectivity index (χ4n) is 3.63. The molecule has 130 valence electrons. The van der Waals surface area contributed by atoms with Gasteiger partial charge in [0.15, 0.2) is 0 Å². The summed E-state index contributed by atoms with van der Waals surface area (Å²) in [5, 5.41) is 3.26. The maximum atomic E-state index is 12.7. The average molecular weight is 330 g/mol. The number of hydrogen-bond acceptors (Lipinski definition) is 4. The van der Waals surface area contributed by atoms with E-state index in [-0.39, 0.29) is 17.9 Å². The third kappa shape index (κ3) is 4.12. The van der Waals surface area contributed by atoms with E-state index >= 15 is 0 Å². The highest BCUT2D eigenvalue weighted by Crippen LogP contribution is 2.22. The summed E-state index contributed by atoms with van der Waals surface area (Å²) < 4.78 is 0. The number of pyridine rings is 1. The second-order valence-electron chi connectivity index (χ2n) is 6.81. The Bertz CT molecular complexity index is 570. The Balaban J connectivity index is 1.49. The maximum Gasteiger partial charge on any atom is 0.241 e. The molecule has 0 aromatic carbocycles. The Kier molecular flexibility index (Phi) is 5.45. The molecular weight excluding hydrogens is 304 g/mol. The molecule has 2 saturated heterocycles. The maximum absolute atomic E-state index is 12.7. The quantitative estimate of drug-likeness (QED) is 0.885. The van der Waals surface area contributed by atoms with Crippen LogP contribution in [0.1, 0.15) is 25.3 Å². The van der Waals surface area contributed by atoms with Gasteiger partial charge in [0.05, 0.1) is 0 Å². The number of aromatic nitrogens is 1. The number of amides is 2. The highest BCUT2D eigenvalue weighted by atomic mass is 16.2. The van der Waals surface area contributed by atoms with E-state index in [4.69, 9.17) is 0 Å². The third-order valence-electron chi connectivity index (χ3n) is 5.09. The minimum absolute atomic E-state index is 0.0458. The first kappa shape index (κ1) is 16.9. The molecule has 2 aliphatic heterocycles. The zero-order valence-corrected chi connectivity index (χ0v) is 14.3. The zero-order chi connectivity index (χ0) is 16.9. The van der Waals surface area contributed by atoms with Gasteiger partial charge in [-0.1, -0.05) is 6.07 Å². The molecule has 0 saturated carbocycles. The first-order valence-corrected chi connectivity index (χ1v) is 8.80. The van der Waals surface area contributed by atoms with E-state index in [1.54, 1.807) is 18.0 Å². The number of likely N-dealkylation sites (tertiary alicyclic amines) is 1. The minimum Gasteiger partial charge on any atom is -0.341 e. The Hall–Kier alpha value is -1.95. The summed E-state index contributed by atoms with van der Waals surface area (Å²) in [5.74, 6) is 0.802. The lowest BCUT2D eigenvalue weighted by molar-refractivity contribution is -0.138. The van der Waals surface area contributed by atoms with Crippen molar-refractivity contribution in [2.24, 2.45) is 5.92 Å². The van der Waals surface area contributed by atoms with Crippen molar-refractivity contribution < 1.29 is 9.59 Å². The number of piperidine rings is 1. The smallest absolute Gasteiger partial charge is 0.241 e. The second-order valence-corrected chi connectivity index (χ2v) is 6.81. The molecule has 24 heavy (non-hydrogen) atoms. The molecule has 0 bridgehead atoms. The molecule has 1 aromatic heterocycles. The van der Waals surface area contributed by atoms with E-state index in [1.807, 2.05) is 17.2 Å². The lowest BCUT2D eigenvalue weighted by Crippen LogP contribution is -2.59. The topological polar surface area (TPSA) is 65.5 Å². The van der Waals surface area contributed by atoms with Gasteiger partial charge in [0.1, 0.15) is 6.04 Å². The largest absolute Gasteiger partial charge is 0.341 e. The lowest BCUT2D eigenvalue weighted by Gasteiger charge is -2.38. The fraction of sp³-hybridized carbons (Fsp3) is 0.611. The summed E-state index contributed by atoms with van der Waals surface area (Å²) in [6.45, 7) is 5.05. The van der Waals surface area contributed by atoms with Gasteiger partial charge in [0, 0.05) is 52.0 Å². The number of rotatable bonds is 3. The highest BCUT2D eigenvalue weighted by Gasteiger charge is 2.31. The molecule has 3 heterocycles. The number of carbonyl (C=O) groups excluding carboxylic acids is 2. The summed E-state index contributed by atoms with van der Waals surface area (Å²) >= 11 is 0. The molecule has 3 rings (SSSR count). The molecule has 0 aliphatic carbocycles. The van der Waals surface area contributed by atoms with E-state index in [1.165, 1.54) is 5.56 Å². The van der Waals surface area contributed by atoms with Crippen LogP contribution in [0.5, 0.6) is 0 Å². The Morgan fingerprint density at radius 1 is 1.25 bits per heavy atom. The van der Waals surface area contributed by atoms with E-state index in [0.717, 1.165) is 32.4 Å². The normalized spacial score (nSPS) is 22.5. The van der Waals surface area contributed by atoms with Crippen molar-refractivity contribution in [2.45, 2.75) is 32.2 Å². The number of piperazine rings is 1. The van der Waals surface area contributed by atoms with Crippen LogP contribution in [-0.4, -0.2) is 65.4 Å². The van der Waals surface area contributed by atoms with Crippen LogP contribution in [-0.2, 0) is 16.0 Å². The van der Waals surface area contributed by atoms with Gasteiger partial charge < -0.3 is 15.1 Å². The molecule has 6 nitrogen and oxygen atoms in total. The molecular formula is C18H26N4O2. The predicted molar refractivity (Wildman–Crippen MR) is 91.3 cm³/mol. The van der Waals surface area contributed by atoms with Gasteiger partial charge in [-0.3, -0.25) is 14.6 Å². The predicted octanol–water partition coefficient (Wildman–Crippen LogP) is 0.683. The number of carbonyl (C=O) groups is 2. The molecule has 1 unspecified atom stereocenters. The minimum atomic E-state index is -0.252. The summed E-state index contributed by atoms with van der Waals surface area (Å²) in [4.78, 5) is 32.1. The molecule has 1 N–H and O–H groups in total. The van der Waals surface area contributed by atoms with Crippen LogP contribution in [0.15, 0.2) is 24.5 Å². The van der Waals surface area contributed by atoms with Gasteiger partial charge >= 0.3 is 0 Å².